The Labute approximate surface area is 172 Å². The van der Waals surface area contributed by atoms with E-state index < -0.39 is 0 Å². The molecule has 1 aromatic heterocycles. The molecule has 2 unspecified atom stereocenters. The number of nitrogens with two attached hydrogens (primary N) is 1. The van der Waals surface area contributed by atoms with E-state index in [-0.39, 0.29) is 42.7 Å². The lowest BCUT2D eigenvalue weighted by Crippen LogP contribution is -2.50. The van der Waals surface area contributed by atoms with Crippen molar-refractivity contribution in [2.75, 3.05) is 26.2 Å². The minimum Gasteiger partial charge on any atom is -0.361 e. The number of carbonyl (C=O) groups excluding carboxylic acids is 1. The second-order valence-electron chi connectivity index (χ2n) is 6.76. The third-order valence-electron chi connectivity index (χ3n) is 4.86. The average molecular weight is 415 g/mol. The maximum absolute atomic E-state index is 12.8. The Balaban J connectivity index is 0.00000182. The van der Waals surface area contributed by atoms with Gasteiger partial charge in [-0.3, -0.25) is 9.69 Å². The van der Waals surface area contributed by atoms with Gasteiger partial charge in [-0.1, -0.05) is 42.4 Å². The summed E-state index contributed by atoms with van der Waals surface area (Å²) in [5.74, 6) is 0.730. The van der Waals surface area contributed by atoms with Crippen molar-refractivity contribution >= 4 is 30.7 Å². The molecule has 6 nitrogen and oxygen atoms in total. The smallest absolute Gasteiger partial charge is 0.227 e. The molecule has 1 amide bonds. The summed E-state index contributed by atoms with van der Waals surface area (Å²) in [6.45, 7) is 7.70. The molecular weight excluding hydrogens is 387 g/mol. The number of aryl methyl sites for hydroxylation is 1. The number of rotatable bonds is 5. The quantitative estimate of drug-likeness (QED) is 0.813. The van der Waals surface area contributed by atoms with Gasteiger partial charge in [0.05, 0.1) is 11.6 Å². The van der Waals surface area contributed by atoms with Gasteiger partial charge in [-0.15, -0.1) is 24.8 Å². The topological polar surface area (TPSA) is 75.6 Å². The van der Waals surface area contributed by atoms with Gasteiger partial charge in [-0.05, 0) is 12.5 Å². The van der Waals surface area contributed by atoms with Crippen LogP contribution in [0.25, 0.3) is 0 Å². The Bertz CT molecular complexity index is 703. The highest BCUT2D eigenvalue weighted by Gasteiger charge is 2.29. The third-order valence-corrected chi connectivity index (χ3v) is 4.86. The first-order chi connectivity index (χ1) is 12.0. The van der Waals surface area contributed by atoms with Crippen LogP contribution in [0, 0.1) is 12.8 Å². The highest BCUT2D eigenvalue weighted by molar-refractivity contribution is 5.85. The molecule has 0 radical (unpaired) electrons. The molecule has 3 rings (SSSR count). The van der Waals surface area contributed by atoms with Crippen molar-refractivity contribution in [3.63, 3.8) is 0 Å². The minimum atomic E-state index is -0.273. The van der Waals surface area contributed by atoms with Gasteiger partial charge in [0.1, 0.15) is 5.76 Å². The highest BCUT2D eigenvalue weighted by Crippen LogP contribution is 2.22. The number of carbonyl (C=O) groups is 1. The van der Waals surface area contributed by atoms with E-state index in [2.05, 4.69) is 10.1 Å². The maximum atomic E-state index is 12.8. The third kappa shape index (κ3) is 5.94. The van der Waals surface area contributed by atoms with Crippen molar-refractivity contribution in [3.05, 3.63) is 53.4 Å². The molecule has 0 spiro atoms. The molecule has 1 aliphatic rings. The van der Waals surface area contributed by atoms with Crippen LogP contribution in [0.2, 0.25) is 0 Å². The molecule has 2 aromatic rings. The number of benzene rings is 1. The van der Waals surface area contributed by atoms with Crippen LogP contribution < -0.4 is 5.73 Å². The van der Waals surface area contributed by atoms with Crippen LogP contribution in [-0.4, -0.2) is 47.0 Å². The second-order valence-corrected chi connectivity index (χ2v) is 6.76. The predicted octanol–water partition coefficient (Wildman–Crippen LogP) is 2.81. The fourth-order valence-electron chi connectivity index (χ4n) is 3.25. The summed E-state index contributed by atoms with van der Waals surface area (Å²) in [6, 6.07) is 11.5. The molecule has 1 aromatic carbocycles. The van der Waals surface area contributed by atoms with Crippen LogP contribution in [0.3, 0.4) is 0 Å². The van der Waals surface area contributed by atoms with Crippen molar-refractivity contribution in [1.29, 1.82) is 0 Å². The number of aromatic nitrogens is 1. The lowest BCUT2D eigenvalue weighted by molar-refractivity contribution is -0.137. The summed E-state index contributed by atoms with van der Waals surface area (Å²) >= 11 is 0. The molecule has 8 heteroatoms. The standard InChI is InChI=1S/C19H26N4O2.2ClH/c1-14-12-17(21-25-14)13-22-8-10-23(11-9-22)19(24)15(2)18(20)16-6-4-3-5-7-16;;/h3-7,12,15,18H,8-11,13,20H2,1-2H3;2*1H. The van der Waals surface area contributed by atoms with E-state index in [1.54, 1.807) is 0 Å². The van der Waals surface area contributed by atoms with Gasteiger partial charge in [-0.2, -0.15) is 0 Å². The van der Waals surface area contributed by atoms with E-state index in [4.69, 9.17) is 10.3 Å². The largest absolute Gasteiger partial charge is 0.361 e. The Morgan fingerprint density at radius 2 is 1.81 bits per heavy atom. The Morgan fingerprint density at radius 1 is 1.19 bits per heavy atom. The van der Waals surface area contributed by atoms with E-state index >= 15 is 0 Å². The first-order valence-corrected chi connectivity index (χ1v) is 8.78. The van der Waals surface area contributed by atoms with Crippen molar-refractivity contribution < 1.29 is 9.32 Å². The van der Waals surface area contributed by atoms with Gasteiger partial charge >= 0.3 is 0 Å². The number of halogens is 2. The zero-order chi connectivity index (χ0) is 17.8. The van der Waals surface area contributed by atoms with Gasteiger partial charge in [-0.25, -0.2) is 0 Å². The first kappa shape index (κ1) is 23.4. The molecule has 1 saturated heterocycles. The number of hydrogen-bond acceptors (Lipinski definition) is 5. The van der Waals surface area contributed by atoms with Crippen LogP contribution in [0.1, 0.15) is 30.0 Å². The highest BCUT2D eigenvalue weighted by atomic mass is 35.5. The number of amides is 1. The molecule has 150 valence electrons. The Kier molecular flexibility index (Phi) is 9.26. The molecule has 2 heterocycles. The zero-order valence-electron chi connectivity index (χ0n) is 15.7. The molecule has 0 aliphatic carbocycles. The van der Waals surface area contributed by atoms with Gasteiger partial charge in [0.15, 0.2) is 0 Å². The predicted molar refractivity (Wildman–Crippen MR) is 110 cm³/mol. The first-order valence-electron chi connectivity index (χ1n) is 8.78. The van der Waals surface area contributed by atoms with E-state index in [1.807, 2.05) is 55.1 Å². The van der Waals surface area contributed by atoms with Gasteiger partial charge in [0, 0.05) is 44.8 Å². The average Bonchev–Trinajstić information content (AvgIpc) is 3.06. The summed E-state index contributed by atoms with van der Waals surface area (Å²) in [4.78, 5) is 17.0. The monoisotopic (exact) mass is 414 g/mol. The van der Waals surface area contributed by atoms with E-state index in [9.17, 15) is 4.79 Å². The minimum absolute atomic E-state index is 0. The van der Waals surface area contributed by atoms with Crippen LogP contribution in [-0.2, 0) is 11.3 Å². The normalized spacial score (nSPS) is 16.8. The van der Waals surface area contributed by atoms with Crippen molar-refractivity contribution in [2.45, 2.75) is 26.4 Å². The van der Waals surface area contributed by atoms with E-state index in [0.29, 0.717) is 0 Å². The van der Waals surface area contributed by atoms with Crippen LogP contribution >= 0.6 is 24.8 Å². The number of piperazine rings is 1. The molecule has 0 bridgehead atoms. The van der Waals surface area contributed by atoms with Crippen molar-refractivity contribution in [2.24, 2.45) is 11.7 Å². The molecular formula is C19H28Cl2N4O2. The van der Waals surface area contributed by atoms with E-state index in [1.165, 1.54) is 0 Å². The summed E-state index contributed by atoms with van der Waals surface area (Å²) < 4.78 is 5.11. The fourth-order valence-corrected chi connectivity index (χ4v) is 3.25. The van der Waals surface area contributed by atoms with Crippen LogP contribution in [0.5, 0.6) is 0 Å². The van der Waals surface area contributed by atoms with Gasteiger partial charge in [0.25, 0.3) is 0 Å². The Hall–Kier alpha value is -1.60. The fraction of sp³-hybridized carbons (Fsp3) is 0.474. The number of hydrogen-bond donors (Lipinski definition) is 1. The van der Waals surface area contributed by atoms with Gasteiger partial charge < -0.3 is 15.2 Å². The van der Waals surface area contributed by atoms with Crippen molar-refractivity contribution in [1.82, 2.24) is 15.0 Å². The lowest BCUT2D eigenvalue weighted by Gasteiger charge is -2.36. The maximum Gasteiger partial charge on any atom is 0.227 e. The molecule has 0 saturated carbocycles. The lowest BCUT2D eigenvalue weighted by atomic mass is 9.94. The zero-order valence-corrected chi connectivity index (χ0v) is 17.3. The molecule has 2 N–H and O–H groups in total. The molecule has 2 atom stereocenters. The summed E-state index contributed by atoms with van der Waals surface area (Å²) in [7, 11) is 0. The van der Waals surface area contributed by atoms with Crippen LogP contribution in [0.15, 0.2) is 40.9 Å². The summed E-state index contributed by atoms with van der Waals surface area (Å²) in [6.07, 6.45) is 0. The van der Waals surface area contributed by atoms with Gasteiger partial charge in [0.2, 0.25) is 5.91 Å². The SMILES string of the molecule is Cc1cc(CN2CCN(C(=O)C(C)C(N)c3ccccc3)CC2)no1.Cl.Cl. The number of nitrogens with zero attached hydrogens (tertiary/aromatic N) is 3. The summed E-state index contributed by atoms with van der Waals surface area (Å²) in [5, 5.41) is 4.04. The molecule has 1 fully saturated rings. The molecule has 1 aliphatic heterocycles. The summed E-state index contributed by atoms with van der Waals surface area (Å²) in [5.41, 5.74) is 8.25. The van der Waals surface area contributed by atoms with Crippen LogP contribution in [0.4, 0.5) is 0 Å². The molecule has 27 heavy (non-hydrogen) atoms. The van der Waals surface area contributed by atoms with Crippen molar-refractivity contribution in [3.8, 4) is 0 Å². The Morgan fingerprint density at radius 3 is 2.37 bits per heavy atom. The van der Waals surface area contributed by atoms with E-state index in [0.717, 1.165) is 49.7 Å². The second kappa shape index (κ2) is 10.7.